The minimum absolute atomic E-state index is 0.129. The third-order valence-corrected chi connectivity index (χ3v) is 4.65. The Labute approximate surface area is 141 Å². The molecule has 1 saturated carbocycles. The number of benzene rings is 1. The molecule has 1 unspecified atom stereocenters. The van der Waals surface area contributed by atoms with Crippen molar-refractivity contribution in [3.63, 3.8) is 0 Å². The Hall–Kier alpha value is -2.34. The number of aromatic nitrogens is 2. The number of rotatable bonds is 5. The normalized spacial score (nSPS) is 21.0. The van der Waals surface area contributed by atoms with Crippen LogP contribution in [0.2, 0.25) is 0 Å². The number of nitrogens with zero attached hydrogens (tertiary/aromatic N) is 2. The Bertz CT molecular complexity index is 735. The molecular formula is C18H23N3O3. The molecule has 0 spiro atoms. The van der Waals surface area contributed by atoms with Crippen molar-refractivity contribution in [3.8, 4) is 5.75 Å². The number of ether oxygens (including phenoxy) is 1. The highest BCUT2D eigenvalue weighted by Crippen LogP contribution is 2.38. The van der Waals surface area contributed by atoms with Crippen molar-refractivity contribution in [3.05, 3.63) is 47.3 Å². The monoisotopic (exact) mass is 329 g/mol. The lowest BCUT2D eigenvalue weighted by Crippen LogP contribution is -2.41. The van der Waals surface area contributed by atoms with E-state index in [1.54, 1.807) is 30.1 Å². The van der Waals surface area contributed by atoms with Crippen molar-refractivity contribution in [2.45, 2.75) is 31.9 Å². The van der Waals surface area contributed by atoms with Crippen LogP contribution in [-0.2, 0) is 7.05 Å². The van der Waals surface area contributed by atoms with Gasteiger partial charge in [-0.05, 0) is 49.4 Å². The predicted octanol–water partition coefficient (Wildman–Crippen LogP) is 1.98. The first-order valence-electron chi connectivity index (χ1n) is 8.10. The first-order chi connectivity index (χ1) is 11.5. The summed E-state index contributed by atoms with van der Waals surface area (Å²) in [5.74, 6) is 0.862. The van der Waals surface area contributed by atoms with Crippen LogP contribution in [0.3, 0.4) is 0 Å². The first kappa shape index (κ1) is 16.5. The van der Waals surface area contributed by atoms with Crippen molar-refractivity contribution in [1.82, 2.24) is 15.1 Å². The standard InChI is InChI=1S/C18H23N3O3/c1-11-6-12(4-5-16(11)24-3)18(23)20-17(13-7-15(22)8-13)14-9-19-21(2)10-14/h4-6,9-10,13,15,17,22H,7-8H2,1-3H3,(H,20,23). The second-order valence-electron chi connectivity index (χ2n) is 6.47. The fourth-order valence-electron chi connectivity index (χ4n) is 3.22. The number of aliphatic hydroxyl groups is 1. The average molecular weight is 329 g/mol. The number of nitrogens with one attached hydrogen (secondary N) is 1. The van der Waals surface area contributed by atoms with E-state index in [4.69, 9.17) is 4.74 Å². The molecule has 1 aromatic heterocycles. The molecular weight excluding hydrogens is 306 g/mol. The number of carbonyl (C=O) groups excluding carboxylic acids is 1. The van der Waals surface area contributed by atoms with Crippen LogP contribution in [0.25, 0.3) is 0 Å². The molecule has 1 fully saturated rings. The molecule has 1 amide bonds. The van der Waals surface area contributed by atoms with Crippen LogP contribution in [0.4, 0.5) is 0 Å². The molecule has 0 bridgehead atoms. The van der Waals surface area contributed by atoms with Gasteiger partial charge in [0.05, 0.1) is 25.5 Å². The maximum atomic E-state index is 12.7. The van der Waals surface area contributed by atoms with Crippen molar-refractivity contribution in [2.75, 3.05) is 7.11 Å². The molecule has 1 aliphatic rings. The van der Waals surface area contributed by atoms with Crippen molar-refractivity contribution in [2.24, 2.45) is 13.0 Å². The van der Waals surface area contributed by atoms with E-state index in [-0.39, 0.29) is 24.0 Å². The summed E-state index contributed by atoms with van der Waals surface area (Å²) in [6.45, 7) is 1.91. The number of amides is 1. The van der Waals surface area contributed by atoms with Gasteiger partial charge >= 0.3 is 0 Å². The van der Waals surface area contributed by atoms with Crippen LogP contribution >= 0.6 is 0 Å². The first-order valence-corrected chi connectivity index (χ1v) is 8.10. The minimum Gasteiger partial charge on any atom is -0.496 e. The Morgan fingerprint density at radius 2 is 2.21 bits per heavy atom. The number of carbonyl (C=O) groups is 1. The molecule has 0 radical (unpaired) electrons. The maximum absolute atomic E-state index is 12.7. The molecule has 1 aromatic carbocycles. The van der Waals surface area contributed by atoms with E-state index in [9.17, 15) is 9.90 Å². The second kappa shape index (κ2) is 6.65. The summed E-state index contributed by atoms with van der Waals surface area (Å²) in [4.78, 5) is 12.7. The Kier molecular flexibility index (Phi) is 4.57. The fraction of sp³-hybridized carbons (Fsp3) is 0.444. The lowest BCUT2D eigenvalue weighted by atomic mass is 9.75. The van der Waals surface area contributed by atoms with E-state index >= 15 is 0 Å². The highest BCUT2D eigenvalue weighted by atomic mass is 16.5. The molecule has 0 saturated heterocycles. The molecule has 24 heavy (non-hydrogen) atoms. The van der Waals surface area contributed by atoms with Gasteiger partial charge in [-0.15, -0.1) is 0 Å². The van der Waals surface area contributed by atoms with E-state index in [0.29, 0.717) is 18.4 Å². The Morgan fingerprint density at radius 1 is 1.46 bits per heavy atom. The zero-order valence-electron chi connectivity index (χ0n) is 14.2. The van der Waals surface area contributed by atoms with E-state index in [0.717, 1.165) is 16.9 Å². The minimum atomic E-state index is -0.269. The third kappa shape index (κ3) is 3.28. The van der Waals surface area contributed by atoms with Gasteiger partial charge in [-0.2, -0.15) is 5.10 Å². The van der Waals surface area contributed by atoms with Crippen molar-refractivity contribution in [1.29, 1.82) is 0 Å². The predicted molar refractivity (Wildman–Crippen MR) is 89.9 cm³/mol. The fourth-order valence-corrected chi connectivity index (χ4v) is 3.22. The molecule has 3 rings (SSSR count). The molecule has 1 atom stereocenters. The van der Waals surface area contributed by atoms with Gasteiger partial charge in [-0.3, -0.25) is 9.48 Å². The van der Waals surface area contributed by atoms with E-state index in [1.807, 2.05) is 26.2 Å². The highest BCUT2D eigenvalue weighted by molar-refractivity contribution is 5.94. The summed E-state index contributed by atoms with van der Waals surface area (Å²) in [6.07, 6.45) is 4.81. The van der Waals surface area contributed by atoms with E-state index < -0.39 is 0 Å². The van der Waals surface area contributed by atoms with Crippen LogP contribution < -0.4 is 10.1 Å². The molecule has 6 heteroatoms. The maximum Gasteiger partial charge on any atom is 0.251 e. The smallest absolute Gasteiger partial charge is 0.251 e. The number of hydrogen-bond acceptors (Lipinski definition) is 4. The van der Waals surface area contributed by atoms with Crippen LogP contribution in [0.15, 0.2) is 30.6 Å². The van der Waals surface area contributed by atoms with Crippen molar-refractivity contribution >= 4 is 5.91 Å². The van der Waals surface area contributed by atoms with Gasteiger partial charge in [0.25, 0.3) is 5.91 Å². The molecule has 2 aromatic rings. The lowest BCUT2D eigenvalue weighted by Gasteiger charge is -2.37. The molecule has 0 aliphatic heterocycles. The summed E-state index contributed by atoms with van der Waals surface area (Å²) < 4.78 is 6.96. The van der Waals surface area contributed by atoms with Gasteiger partial charge in [-0.25, -0.2) is 0 Å². The molecule has 1 aliphatic carbocycles. The zero-order valence-corrected chi connectivity index (χ0v) is 14.2. The van der Waals surface area contributed by atoms with Gasteiger partial charge in [0, 0.05) is 24.4 Å². The summed E-state index contributed by atoms with van der Waals surface area (Å²) in [6, 6.07) is 5.24. The highest BCUT2D eigenvalue weighted by Gasteiger charge is 2.36. The second-order valence-corrected chi connectivity index (χ2v) is 6.47. The van der Waals surface area contributed by atoms with Crippen LogP contribution in [0.1, 0.15) is 40.4 Å². The Balaban J connectivity index is 1.79. The number of methoxy groups -OCH3 is 1. The summed E-state index contributed by atoms with van der Waals surface area (Å²) in [7, 11) is 3.47. The molecule has 128 valence electrons. The number of aliphatic hydroxyl groups excluding tert-OH is 1. The van der Waals surface area contributed by atoms with Gasteiger partial charge in [-0.1, -0.05) is 0 Å². The zero-order chi connectivity index (χ0) is 17.3. The average Bonchev–Trinajstić information content (AvgIpc) is 2.96. The van der Waals surface area contributed by atoms with E-state index in [2.05, 4.69) is 10.4 Å². The molecule has 6 nitrogen and oxygen atoms in total. The Morgan fingerprint density at radius 3 is 2.75 bits per heavy atom. The van der Waals surface area contributed by atoms with Gasteiger partial charge in [0.15, 0.2) is 0 Å². The number of aryl methyl sites for hydroxylation is 2. The third-order valence-electron chi connectivity index (χ3n) is 4.65. The number of hydrogen-bond donors (Lipinski definition) is 2. The summed E-state index contributed by atoms with van der Waals surface area (Å²) in [5, 5.41) is 16.9. The quantitative estimate of drug-likeness (QED) is 0.879. The largest absolute Gasteiger partial charge is 0.496 e. The SMILES string of the molecule is COc1ccc(C(=O)NC(c2cnn(C)c2)C2CC(O)C2)cc1C. The molecule has 2 N–H and O–H groups in total. The van der Waals surface area contributed by atoms with Gasteiger partial charge < -0.3 is 15.2 Å². The molecule has 1 heterocycles. The van der Waals surface area contributed by atoms with Crippen LogP contribution in [-0.4, -0.2) is 34.0 Å². The lowest BCUT2D eigenvalue weighted by molar-refractivity contribution is 0.0235. The van der Waals surface area contributed by atoms with Crippen LogP contribution in [0.5, 0.6) is 5.75 Å². The topological polar surface area (TPSA) is 76.4 Å². The van der Waals surface area contributed by atoms with E-state index in [1.165, 1.54) is 0 Å². The van der Waals surface area contributed by atoms with Gasteiger partial charge in [0.2, 0.25) is 0 Å². The summed E-state index contributed by atoms with van der Waals surface area (Å²) >= 11 is 0. The van der Waals surface area contributed by atoms with Crippen LogP contribution in [0, 0.1) is 12.8 Å². The van der Waals surface area contributed by atoms with Crippen molar-refractivity contribution < 1.29 is 14.6 Å². The van der Waals surface area contributed by atoms with Gasteiger partial charge in [0.1, 0.15) is 5.75 Å². The summed E-state index contributed by atoms with van der Waals surface area (Å²) in [5.41, 5.74) is 2.48.